The van der Waals surface area contributed by atoms with Gasteiger partial charge in [-0.2, -0.15) is 0 Å². The van der Waals surface area contributed by atoms with Gasteiger partial charge in [-0.25, -0.2) is 14.7 Å². The van der Waals surface area contributed by atoms with Crippen molar-refractivity contribution >= 4 is 28.4 Å². The van der Waals surface area contributed by atoms with E-state index in [1.807, 2.05) is 79.3 Å². The van der Waals surface area contributed by atoms with E-state index in [2.05, 4.69) is 9.89 Å². The molecule has 0 atom stereocenters. The number of anilines is 1. The van der Waals surface area contributed by atoms with Gasteiger partial charge in [0.2, 0.25) is 0 Å². The number of para-hydroxylation sites is 1. The van der Waals surface area contributed by atoms with Crippen molar-refractivity contribution in [2.24, 2.45) is 12.0 Å². The Bertz CT molecular complexity index is 1330. The first-order valence-electron chi connectivity index (χ1n) is 10.9. The zero-order valence-electron chi connectivity index (χ0n) is 18.6. The summed E-state index contributed by atoms with van der Waals surface area (Å²) in [5.41, 5.74) is 3.81. The molecule has 2 aromatic carbocycles. The maximum absolute atomic E-state index is 13.2. The van der Waals surface area contributed by atoms with Crippen molar-refractivity contribution in [2.45, 2.75) is 6.92 Å². The number of benzene rings is 2. The lowest BCUT2D eigenvalue weighted by Gasteiger charge is -2.26. The van der Waals surface area contributed by atoms with Gasteiger partial charge in [0.25, 0.3) is 5.56 Å². The summed E-state index contributed by atoms with van der Waals surface area (Å²) in [6.07, 6.45) is 1.78. The number of hydrogen-bond donors (Lipinski definition) is 0. The van der Waals surface area contributed by atoms with E-state index in [0.717, 1.165) is 45.7 Å². The Labute approximate surface area is 196 Å². The molecule has 0 spiro atoms. The van der Waals surface area contributed by atoms with E-state index in [4.69, 9.17) is 9.72 Å². The van der Waals surface area contributed by atoms with Gasteiger partial charge in [0.1, 0.15) is 0 Å². The second-order valence-electron chi connectivity index (χ2n) is 7.84. The largest absolute Gasteiger partial charge is 0.378 e. The Balaban J connectivity index is 1.56. The molecular weight excluding hydrogens is 434 g/mol. The predicted molar refractivity (Wildman–Crippen MR) is 134 cm³/mol. The van der Waals surface area contributed by atoms with E-state index in [-0.39, 0.29) is 5.56 Å². The first-order chi connectivity index (χ1) is 16.1. The van der Waals surface area contributed by atoms with E-state index in [9.17, 15) is 4.79 Å². The summed E-state index contributed by atoms with van der Waals surface area (Å²) in [6, 6.07) is 19.7. The van der Waals surface area contributed by atoms with Crippen LogP contribution in [0, 0.1) is 6.92 Å². The van der Waals surface area contributed by atoms with Crippen molar-refractivity contribution in [1.82, 2.24) is 14.3 Å². The molecule has 1 aliphatic heterocycles. The first kappa shape index (κ1) is 21.4. The van der Waals surface area contributed by atoms with Crippen LogP contribution < -0.4 is 10.5 Å². The van der Waals surface area contributed by atoms with E-state index >= 15 is 0 Å². The monoisotopic (exact) mass is 459 g/mol. The summed E-state index contributed by atoms with van der Waals surface area (Å²) < 4.78 is 8.98. The molecule has 0 radical (unpaired) electrons. The fourth-order valence-electron chi connectivity index (χ4n) is 3.93. The van der Waals surface area contributed by atoms with Gasteiger partial charge in [0, 0.05) is 31.9 Å². The Hall–Kier alpha value is -3.49. The summed E-state index contributed by atoms with van der Waals surface area (Å²) in [7, 11) is 1.88. The highest BCUT2D eigenvalue weighted by Crippen LogP contribution is 2.33. The fraction of sp³-hybridized carbons (Fsp3) is 0.240. The second-order valence-corrected chi connectivity index (χ2v) is 8.85. The third-order valence-electron chi connectivity index (χ3n) is 5.81. The quantitative estimate of drug-likeness (QED) is 0.420. The Morgan fingerprint density at radius 3 is 2.39 bits per heavy atom. The molecule has 0 saturated carbocycles. The van der Waals surface area contributed by atoms with Crippen LogP contribution in [-0.2, 0) is 11.8 Å². The lowest BCUT2D eigenvalue weighted by Crippen LogP contribution is -2.36. The number of morpholine rings is 1. The highest BCUT2D eigenvalue weighted by atomic mass is 32.1. The maximum atomic E-state index is 13.2. The van der Waals surface area contributed by atoms with Crippen LogP contribution in [0.3, 0.4) is 0 Å². The molecule has 5 rings (SSSR count). The molecule has 7 nitrogen and oxygen atoms in total. The predicted octanol–water partition coefficient (Wildman–Crippen LogP) is 4.20. The average Bonchev–Trinajstić information content (AvgIpc) is 3.38. The molecule has 0 amide bonds. The fourth-order valence-corrected chi connectivity index (χ4v) is 4.94. The van der Waals surface area contributed by atoms with Crippen LogP contribution in [-0.4, -0.2) is 46.9 Å². The molecular formula is C25H25N5O2S. The Morgan fingerprint density at radius 1 is 1.03 bits per heavy atom. The molecule has 1 fully saturated rings. The Kier molecular flexibility index (Phi) is 5.93. The molecule has 33 heavy (non-hydrogen) atoms. The maximum Gasteiger partial charge on any atom is 0.297 e. The molecule has 8 heteroatoms. The molecule has 0 aliphatic carbocycles. The van der Waals surface area contributed by atoms with Gasteiger partial charge in [-0.15, -0.1) is 0 Å². The van der Waals surface area contributed by atoms with Crippen LogP contribution in [0.15, 0.2) is 70.5 Å². The summed E-state index contributed by atoms with van der Waals surface area (Å²) in [5.74, 6) is 0. The van der Waals surface area contributed by atoms with Gasteiger partial charge in [-0.3, -0.25) is 9.48 Å². The number of aromatic nitrogens is 3. The lowest BCUT2D eigenvalue weighted by atomic mass is 10.1. The SMILES string of the molecule is Cc1c(N=Cc2sc(N3CCOCC3)nc2-c2ccccc2)c(=O)n(-c2ccccc2)n1C. The molecule has 2 aromatic heterocycles. The molecule has 1 aliphatic rings. The van der Waals surface area contributed by atoms with Crippen molar-refractivity contribution in [1.29, 1.82) is 0 Å². The van der Waals surface area contributed by atoms with Crippen molar-refractivity contribution in [3.8, 4) is 16.9 Å². The average molecular weight is 460 g/mol. The third-order valence-corrected chi connectivity index (χ3v) is 6.86. The van der Waals surface area contributed by atoms with E-state index in [1.165, 1.54) is 0 Å². The van der Waals surface area contributed by atoms with Gasteiger partial charge in [0.05, 0.1) is 35.2 Å². The van der Waals surface area contributed by atoms with Crippen LogP contribution in [0.2, 0.25) is 0 Å². The topological polar surface area (TPSA) is 64.7 Å². The minimum atomic E-state index is -0.142. The minimum Gasteiger partial charge on any atom is -0.378 e. The number of nitrogens with zero attached hydrogens (tertiary/aromatic N) is 5. The van der Waals surface area contributed by atoms with Crippen LogP contribution in [0.1, 0.15) is 10.6 Å². The molecule has 0 bridgehead atoms. The number of aliphatic imine (C=N–C) groups is 1. The number of ether oxygens (including phenoxy) is 1. The third kappa shape index (κ3) is 4.15. The normalized spacial score (nSPS) is 14.3. The standard InChI is InChI=1S/C25H25N5O2S/c1-18-22(24(31)30(28(18)2)20-11-7-4-8-12-20)26-17-21-23(19-9-5-3-6-10-19)27-25(33-21)29-13-15-32-16-14-29/h3-12,17H,13-16H2,1-2H3. The van der Waals surface area contributed by atoms with E-state index in [1.54, 1.807) is 22.2 Å². The molecule has 3 heterocycles. The van der Waals surface area contributed by atoms with Gasteiger partial charge >= 0.3 is 0 Å². The van der Waals surface area contributed by atoms with Gasteiger partial charge in [-0.1, -0.05) is 59.9 Å². The summed E-state index contributed by atoms with van der Waals surface area (Å²) in [5, 5.41) is 0.949. The molecule has 1 saturated heterocycles. The van der Waals surface area contributed by atoms with Crippen LogP contribution in [0.4, 0.5) is 10.8 Å². The molecule has 4 aromatic rings. The number of rotatable bonds is 5. The smallest absolute Gasteiger partial charge is 0.297 e. The molecule has 0 N–H and O–H groups in total. The van der Waals surface area contributed by atoms with Crippen molar-refractivity contribution in [3.63, 3.8) is 0 Å². The van der Waals surface area contributed by atoms with Crippen LogP contribution >= 0.6 is 11.3 Å². The molecule has 168 valence electrons. The summed E-state index contributed by atoms with van der Waals surface area (Å²) >= 11 is 1.59. The Morgan fingerprint density at radius 2 is 1.70 bits per heavy atom. The van der Waals surface area contributed by atoms with Gasteiger partial charge < -0.3 is 9.64 Å². The van der Waals surface area contributed by atoms with Crippen LogP contribution in [0.25, 0.3) is 16.9 Å². The highest BCUT2D eigenvalue weighted by Gasteiger charge is 2.20. The zero-order valence-corrected chi connectivity index (χ0v) is 19.5. The highest BCUT2D eigenvalue weighted by molar-refractivity contribution is 7.17. The van der Waals surface area contributed by atoms with Crippen LogP contribution in [0.5, 0.6) is 0 Å². The first-order valence-corrected chi connectivity index (χ1v) is 11.7. The van der Waals surface area contributed by atoms with E-state index < -0.39 is 0 Å². The summed E-state index contributed by atoms with van der Waals surface area (Å²) in [4.78, 5) is 26.0. The van der Waals surface area contributed by atoms with Crippen molar-refractivity contribution in [2.75, 3.05) is 31.2 Å². The number of hydrogen-bond acceptors (Lipinski definition) is 6. The van der Waals surface area contributed by atoms with E-state index in [0.29, 0.717) is 18.9 Å². The summed E-state index contributed by atoms with van der Waals surface area (Å²) in [6.45, 7) is 4.95. The molecule has 0 unspecified atom stereocenters. The zero-order chi connectivity index (χ0) is 22.8. The number of thiazole rings is 1. The van der Waals surface area contributed by atoms with Gasteiger partial charge in [0.15, 0.2) is 10.8 Å². The van der Waals surface area contributed by atoms with Gasteiger partial charge in [-0.05, 0) is 19.1 Å². The lowest BCUT2D eigenvalue weighted by molar-refractivity contribution is 0.122. The van der Waals surface area contributed by atoms with Crippen molar-refractivity contribution in [3.05, 3.63) is 81.6 Å². The minimum absolute atomic E-state index is 0.142. The second kappa shape index (κ2) is 9.17. The van der Waals surface area contributed by atoms with Crippen molar-refractivity contribution < 1.29 is 4.74 Å².